The molecule has 110 valence electrons. The maximum atomic E-state index is 13.3. The minimum absolute atomic E-state index is 0.190. The van der Waals surface area contributed by atoms with Crippen molar-refractivity contribution in [3.8, 4) is 0 Å². The van der Waals surface area contributed by atoms with E-state index in [-0.39, 0.29) is 11.9 Å². The van der Waals surface area contributed by atoms with Crippen LogP contribution in [-0.4, -0.2) is 6.04 Å². The third kappa shape index (κ3) is 3.18. The summed E-state index contributed by atoms with van der Waals surface area (Å²) in [5.74, 6) is 6.02. The van der Waals surface area contributed by atoms with E-state index in [1.54, 1.807) is 0 Å². The third-order valence-corrected chi connectivity index (χ3v) is 4.91. The normalized spacial score (nSPS) is 16.0. The number of hydrazine groups is 1. The number of hydrogen-bond donors (Lipinski definition) is 2. The predicted molar refractivity (Wildman–Crippen MR) is 86.3 cm³/mol. The standard InChI is InChI=1S/C17H18BrFN2/c18-15-7-11(5-6-16(15)19)8-17(21-20)14-9-12-3-1-2-4-13(12)10-14/h1-7,14,17,21H,8-10,20H2. The molecule has 0 spiro atoms. The molecule has 0 saturated carbocycles. The van der Waals surface area contributed by atoms with Gasteiger partial charge in [0, 0.05) is 6.04 Å². The van der Waals surface area contributed by atoms with Gasteiger partial charge in [0.2, 0.25) is 0 Å². The quantitative estimate of drug-likeness (QED) is 0.656. The van der Waals surface area contributed by atoms with Crippen molar-refractivity contribution in [2.24, 2.45) is 11.8 Å². The minimum Gasteiger partial charge on any atom is -0.271 e. The van der Waals surface area contributed by atoms with Crippen LogP contribution in [0.5, 0.6) is 0 Å². The molecule has 3 N–H and O–H groups in total. The molecule has 1 unspecified atom stereocenters. The smallest absolute Gasteiger partial charge is 0.137 e. The van der Waals surface area contributed by atoms with E-state index in [2.05, 4.69) is 45.6 Å². The largest absolute Gasteiger partial charge is 0.271 e. The van der Waals surface area contributed by atoms with Gasteiger partial charge in [-0.25, -0.2) is 4.39 Å². The molecular formula is C17H18BrFN2. The zero-order valence-corrected chi connectivity index (χ0v) is 13.2. The Morgan fingerprint density at radius 1 is 1.19 bits per heavy atom. The van der Waals surface area contributed by atoms with Crippen LogP contribution < -0.4 is 11.3 Å². The highest BCUT2D eigenvalue weighted by molar-refractivity contribution is 9.10. The summed E-state index contributed by atoms with van der Waals surface area (Å²) in [4.78, 5) is 0. The zero-order valence-electron chi connectivity index (χ0n) is 11.7. The summed E-state index contributed by atoms with van der Waals surface area (Å²) in [6.07, 6.45) is 2.90. The summed E-state index contributed by atoms with van der Waals surface area (Å²) in [6, 6.07) is 13.9. The van der Waals surface area contributed by atoms with Gasteiger partial charge < -0.3 is 0 Å². The molecule has 3 rings (SSSR count). The highest BCUT2D eigenvalue weighted by Gasteiger charge is 2.28. The lowest BCUT2D eigenvalue weighted by Gasteiger charge is -2.22. The van der Waals surface area contributed by atoms with E-state index in [9.17, 15) is 4.39 Å². The van der Waals surface area contributed by atoms with Crippen molar-refractivity contribution < 1.29 is 4.39 Å². The highest BCUT2D eigenvalue weighted by Crippen LogP contribution is 2.30. The van der Waals surface area contributed by atoms with Gasteiger partial charge in [-0.15, -0.1) is 0 Å². The fraction of sp³-hybridized carbons (Fsp3) is 0.294. The molecule has 0 radical (unpaired) electrons. The molecule has 2 aromatic carbocycles. The summed E-state index contributed by atoms with van der Waals surface area (Å²) >= 11 is 3.24. The van der Waals surface area contributed by atoms with Gasteiger partial charge in [-0.05, 0) is 69.9 Å². The van der Waals surface area contributed by atoms with Gasteiger partial charge >= 0.3 is 0 Å². The van der Waals surface area contributed by atoms with Gasteiger partial charge in [0.25, 0.3) is 0 Å². The van der Waals surface area contributed by atoms with Crippen molar-refractivity contribution >= 4 is 15.9 Å². The Hall–Kier alpha value is -1.23. The first kappa shape index (κ1) is 14.7. The van der Waals surface area contributed by atoms with E-state index in [0.29, 0.717) is 10.4 Å². The molecule has 4 heteroatoms. The second kappa shape index (κ2) is 6.26. The van der Waals surface area contributed by atoms with Crippen LogP contribution in [0.15, 0.2) is 46.9 Å². The number of fused-ring (bicyclic) bond motifs is 1. The Morgan fingerprint density at radius 3 is 2.43 bits per heavy atom. The van der Waals surface area contributed by atoms with E-state index in [4.69, 9.17) is 5.84 Å². The monoisotopic (exact) mass is 348 g/mol. The fourth-order valence-corrected chi connectivity index (χ4v) is 3.59. The van der Waals surface area contributed by atoms with Gasteiger partial charge in [0.05, 0.1) is 4.47 Å². The molecule has 2 aromatic rings. The maximum absolute atomic E-state index is 13.3. The van der Waals surface area contributed by atoms with E-state index in [0.717, 1.165) is 24.8 Å². The third-order valence-electron chi connectivity index (χ3n) is 4.31. The van der Waals surface area contributed by atoms with Crippen molar-refractivity contribution in [1.29, 1.82) is 0 Å². The zero-order chi connectivity index (χ0) is 14.8. The molecule has 21 heavy (non-hydrogen) atoms. The lowest BCUT2D eigenvalue weighted by atomic mass is 9.91. The fourth-order valence-electron chi connectivity index (χ4n) is 3.16. The highest BCUT2D eigenvalue weighted by atomic mass is 79.9. The van der Waals surface area contributed by atoms with Crippen LogP contribution >= 0.6 is 15.9 Å². The number of nitrogens with two attached hydrogens (primary N) is 1. The molecule has 1 aliphatic carbocycles. The van der Waals surface area contributed by atoms with Crippen LogP contribution in [0.4, 0.5) is 4.39 Å². The molecule has 0 aromatic heterocycles. The molecule has 0 fully saturated rings. The van der Waals surface area contributed by atoms with Crippen LogP contribution in [0, 0.1) is 11.7 Å². The van der Waals surface area contributed by atoms with Crippen molar-refractivity contribution in [2.75, 3.05) is 0 Å². The average Bonchev–Trinajstić information content (AvgIpc) is 2.92. The Bertz CT molecular complexity index is 619. The number of nitrogens with one attached hydrogen (secondary N) is 1. The second-order valence-electron chi connectivity index (χ2n) is 5.66. The van der Waals surface area contributed by atoms with Gasteiger partial charge in [-0.3, -0.25) is 11.3 Å². The van der Waals surface area contributed by atoms with Crippen molar-refractivity contribution in [1.82, 2.24) is 5.43 Å². The molecular weight excluding hydrogens is 331 g/mol. The SMILES string of the molecule is NNC(Cc1ccc(F)c(Br)c1)C1Cc2ccccc2C1. The summed E-state index contributed by atoms with van der Waals surface area (Å²) in [6.45, 7) is 0. The topological polar surface area (TPSA) is 38.0 Å². The lowest BCUT2D eigenvalue weighted by molar-refractivity contribution is 0.366. The van der Waals surface area contributed by atoms with Crippen LogP contribution in [0.25, 0.3) is 0 Å². The number of benzene rings is 2. The van der Waals surface area contributed by atoms with Gasteiger partial charge in [-0.2, -0.15) is 0 Å². The van der Waals surface area contributed by atoms with Crippen molar-refractivity contribution in [3.63, 3.8) is 0 Å². The Morgan fingerprint density at radius 2 is 1.86 bits per heavy atom. The number of hydrogen-bond acceptors (Lipinski definition) is 2. The average molecular weight is 349 g/mol. The molecule has 1 aliphatic rings. The number of halogens is 2. The molecule has 0 amide bonds. The molecule has 0 saturated heterocycles. The van der Waals surface area contributed by atoms with Crippen LogP contribution in [0.2, 0.25) is 0 Å². The molecule has 2 nitrogen and oxygen atoms in total. The van der Waals surface area contributed by atoms with Crippen molar-refractivity contribution in [2.45, 2.75) is 25.3 Å². The molecule has 0 heterocycles. The first-order chi connectivity index (χ1) is 10.2. The Kier molecular flexibility index (Phi) is 4.38. The van der Waals surface area contributed by atoms with Crippen LogP contribution in [-0.2, 0) is 19.3 Å². The van der Waals surface area contributed by atoms with E-state index >= 15 is 0 Å². The Balaban J connectivity index is 1.73. The van der Waals surface area contributed by atoms with E-state index in [1.165, 1.54) is 17.2 Å². The maximum Gasteiger partial charge on any atom is 0.137 e. The molecule has 1 atom stereocenters. The van der Waals surface area contributed by atoms with Gasteiger partial charge in [0.1, 0.15) is 5.82 Å². The first-order valence-corrected chi connectivity index (χ1v) is 7.93. The van der Waals surface area contributed by atoms with Crippen molar-refractivity contribution in [3.05, 3.63) is 69.4 Å². The summed E-state index contributed by atoms with van der Waals surface area (Å²) in [7, 11) is 0. The van der Waals surface area contributed by atoms with E-state index < -0.39 is 0 Å². The Labute approximate surface area is 132 Å². The summed E-state index contributed by atoms with van der Waals surface area (Å²) < 4.78 is 13.8. The van der Waals surface area contributed by atoms with Gasteiger partial charge in [0.15, 0.2) is 0 Å². The van der Waals surface area contributed by atoms with Crippen LogP contribution in [0.3, 0.4) is 0 Å². The minimum atomic E-state index is -0.232. The second-order valence-corrected chi connectivity index (χ2v) is 6.52. The molecule has 0 aliphatic heterocycles. The van der Waals surface area contributed by atoms with Gasteiger partial charge in [-0.1, -0.05) is 30.3 Å². The number of rotatable bonds is 4. The van der Waals surface area contributed by atoms with Crippen LogP contribution in [0.1, 0.15) is 16.7 Å². The first-order valence-electron chi connectivity index (χ1n) is 7.14. The molecule has 0 bridgehead atoms. The van der Waals surface area contributed by atoms with E-state index in [1.807, 2.05) is 12.1 Å². The predicted octanol–water partition coefficient (Wildman–Crippen LogP) is 3.38. The lowest BCUT2D eigenvalue weighted by Crippen LogP contribution is -2.42. The summed E-state index contributed by atoms with van der Waals surface area (Å²) in [5.41, 5.74) is 6.88. The summed E-state index contributed by atoms with van der Waals surface area (Å²) in [5, 5.41) is 0.